The van der Waals surface area contributed by atoms with Crippen LogP contribution in [0.4, 0.5) is 5.95 Å². The number of nitrogens with zero attached hydrogens (tertiary/aromatic N) is 5. The zero-order valence-corrected chi connectivity index (χ0v) is 16.4. The highest BCUT2D eigenvalue weighted by Gasteiger charge is 2.65. The van der Waals surface area contributed by atoms with Gasteiger partial charge in [0.25, 0.3) is 0 Å². The molecule has 1 aromatic heterocycles. The van der Waals surface area contributed by atoms with Crippen molar-refractivity contribution >= 4 is 11.9 Å². The van der Waals surface area contributed by atoms with Crippen molar-refractivity contribution < 1.29 is 4.79 Å². The normalized spacial score (nSPS) is 30.8. The van der Waals surface area contributed by atoms with Crippen molar-refractivity contribution in [1.82, 2.24) is 19.8 Å². The second kappa shape index (κ2) is 6.43. The first-order valence-electron chi connectivity index (χ1n) is 10.7. The Balaban J connectivity index is 1.43. The minimum absolute atomic E-state index is 0.0766. The van der Waals surface area contributed by atoms with Crippen molar-refractivity contribution in [3.8, 4) is 0 Å². The lowest BCUT2D eigenvalue weighted by Crippen LogP contribution is -2.53. The van der Waals surface area contributed by atoms with Crippen LogP contribution < -0.4 is 4.90 Å². The van der Waals surface area contributed by atoms with Gasteiger partial charge in [0.1, 0.15) is 0 Å². The van der Waals surface area contributed by atoms with Gasteiger partial charge in [-0.1, -0.05) is 0 Å². The summed E-state index contributed by atoms with van der Waals surface area (Å²) >= 11 is 0. The highest BCUT2D eigenvalue weighted by Crippen LogP contribution is 2.58. The summed E-state index contributed by atoms with van der Waals surface area (Å²) in [5.74, 6) is 2.12. The van der Waals surface area contributed by atoms with E-state index in [4.69, 9.17) is 0 Å². The predicted octanol–water partition coefficient (Wildman–Crippen LogP) is 2.03. The number of rotatable bonds is 4. The maximum atomic E-state index is 13.5. The van der Waals surface area contributed by atoms with Gasteiger partial charge in [0.05, 0.1) is 5.41 Å². The highest BCUT2D eigenvalue weighted by molar-refractivity contribution is 5.87. The Hall–Kier alpha value is -1.69. The molecule has 1 aliphatic carbocycles. The molecule has 0 radical (unpaired) electrons. The van der Waals surface area contributed by atoms with E-state index < -0.39 is 0 Å². The Morgan fingerprint density at radius 2 is 1.81 bits per heavy atom. The maximum Gasteiger partial charge on any atom is 0.231 e. The van der Waals surface area contributed by atoms with Crippen LogP contribution in [0.15, 0.2) is 18.5 Å². The molecule has 3 saturated heterocycles. The van der Waals surface area contributed by atoms with Crippen molar-refractivity contribution in [2.45, 2.75) is 39.0 Å². The molecule has 1 amide bonds. The quantitative estimate of drug-likeness (QED) is 0.813. The molecule has 4 heterocycles. The number of carbonyl (C=O) groups excluding carboxylic acids is 1. The molecule has 5 rings (SSSR count). The standard InChI is InChI=1S/C21H31N5O/c1-2-25-13-8-21(18(25)27)16-26(19-22-9-3-10-23-19)15-20(21)6-11-24(12-7-20)14-17-4-5-17/h3,9-10,17H,2,4-8,11-16H2,1H3. The molecule has 1 aromatic rings. The molecule has 4 aliphatic rings. The van der Waals surface area contributed by atoms with Gasteiger partial charge in [0.15, 0.2) is 0 Å². The van der Waals surface area contributed by atoms with Gasteiger partial charge < -0.3 is 14.7 Å². The van der Waals surface area contributed by atoms with E-state index in [0.29, 0.717) is 5.91 Å². The van der Waals surface area contributed by atoms with Gasteiger partial charge in [0.2, 0.25) is 11.9 Å². The number of carbonyl (C=O) groups is 1. The molecule has 1 unspecified atom stereocenters. The van der Waals surface area contributed by atoms with E-state index in [1.165, 1.54) is 19.4 Å². The molecule has 0 N–H and O–H groups in total. The lowest BCUT2D eigenvalue weighted by atomic mass is 9.60. The molecule has 0 aromatic carbocycles. The Bertz CT molecular complexity index is 698. The summed E-state index contributed by atoms with van der Waals surface area (Å²) in [6.07, 6.45) is 9.70. The van der Waals surface area contributed by atoms with Gasteiger partial charge in [-0.15, -0.1) is 0 Å². The molecule has 1 atom stereocenters. The van der Waals surface area contributed by atoms with Crippen LogP contribution in [-0.2, 0) is 4.79 Å². The molecule has 146 valence electrons. The molecule has 27 heavy (non-hydrogen) atoms. The third-order valence-electron chi connectivity index (χ3n) is 7.72. The number of piperidine rings is 1. The fraction of sp³-hybridized carbons (Fsp3) is 0.762. The number of likely N-dealkylation sites (tertiary alicyclic amines) is 2. The molecule has 2 spiro atoms. The number of amides is 1. The van der Waals surface area contributed by atoms with E-state index in [-0.39, 0.29) is 10.8 Å². The number of aromatic nitrogens is 2. The predicted molar refractivity (Wildman–Crippen MR) is 104 cm³/mol. The Morgan fingerprint density at radius 1 is 1.07 bits per heavy atom. The third kappa shape index (κ3) is 2.75. The zero-order chi connectivity index (χ0) is 18.5. The van der Waals surface area contributed by atoms with Crippen LogP contribution in [0, 0.1) is 16.7 Å². The van der Waals surface area contributed by atoms with Crippen LogP contribution in [-0.4, -0.2) is 71.5 Å². The number of anilines is 1. The largest absolute Gasteiger partial charge is 0.342 e. The van der Waals surface area contributed by atoms with Crippen LogP contribution in [0.1, 0.15) is 39.0 Å². The molecule has 3 aliphatic heterocycles. The Morgan fingerprint density at radius 3 is 2.44 bits per heavy atom. The Labute approximate surface area is 161 Å². The summed E-state index contributed by atoms with van der Waals surface area (Å²) in [5, 5.41) is 0. The average Bonchev–Trinajstić information content (AvgIpc) is 3.39. The summed E-state index contributed by atoms with van der Waals surface area (Å²) in [4.78, 5) is 29.5. The van der Waals surface area contributed by atoms with Crippen molar-refractivity contribution in [2.24, 2.45) is 16.7 Å². The van der Waals surface area contributed by atoms with Gasteiger partial charge in [-0.2, -0.15) is 0 Å². The molecule has 1 saturated carbocycles. The maximum absolute atomic E-state index is 13.5. The van der Waals surface area contributed by atoms with Gasteiger partial charge >= 0.3 is 0 Å². The van der Waals surface area contributed by atoms with Crippen LogP contribution >= 0.6 is 0 Å². The molecule has 4 fully saturated rings. The molecule has 6 heteroatoms. The monoisotopic (exact) mass is 369 g/mol. The summed E-state index contributed by atoms with van der Waals surface area (Å²) in [6, 6.07) is 1.86. The summed E-state index contributed by atoms with van der Waals surface area (Å²) in [6.45, 7) is 9.10. The molecule has 6 nitrogen and oxygen atoms in total. The van der Waals surface area contributed by atoms with E-state index >= 15 is 0 Å². The summed E-state index contributed by atoms with van der Waals surface area (Å²) in [5.41, 5.74) is -0.166. The number of hydrogen-bond donors (Lipinski definition) is 0. The molecule has 0 bridgehead atoms. The molecular formula is C21H31N5O. The van der Waals surface area contributed by atoms with E-state index in [2.05, 4.69) is 31.6 Å². The summed E-state index contributed by atoms with van der Waals surface area (Å²) in [7, 11) is 0. The van der Waals surface area contributed by atoms with Gasteiger partial charge in [-0.25, -0.2) is 9.97 Å². The first-order chi connectivity index (χ1) is 13.2. The first-order valence-corrected chi connectivity index (χ1v) is 10.7. The van der Waals surface area contributed by atoms with Crippen LogP contribution in [0.25, 0.3) is 0 Å². The minimum Gasteiger partial charge on any atom is -0.342 e. The van der Waals surface area contributed by atoms with Crippen LogP contribution in [0.5, 0.6) is 0 Å². The van der Waals surface area contributed by atoms with E-state index in [0.717, 1.165) is 70.4 Å². The van der Waals surface area contributed by atoms with Gasteiger partial charge in [-0.05, 0) is 64.1 Å². The zero-order valence-electron chi connectivity index (χ0n) is 16.4. The molecular weight excluding hydrogens is 338 g/mol. The van der Waals surface area contributed by atoms with E-state index in [1.54, 1.807) is 0 Å². The van der Waals surface area contributed by atoms with Gasteiger partial charge in [-0.3, -0.25) is 4.79 Å². The fourth-order valence-corrected chi connectivity index (χ4v) is 5.91. The van der Waals surface area contributed by atoms with Crippen molar-refractivity contribution in [3.63, 3.8) is 0 Å². The highest BCUT2D eigenvalue weighted by atomic mass is 16.2. The van der Waals surface area contributed by atoms with Crippen LogP contribution in [0.3, 0.4) is 0 Å². The lowest BCUT2D eigenvalue weighted by Gasteiger charge is -2.46. The SMILES string of the molecule is CCN1CCC2(CN(c3ncccn3)CC23CCN(CC2CC2)CC3)C1=O. The summed E-state index contributed by atoms with van der Waals surface area (Å²) < 4.78 is 0. The Kier molecular flexibility index (Phi) is 4.15. The van der Waals surface area contributed by atoms with Crippen LogP contribution in [0.2, 0.25) is 0 Å². The lowest BCUT2D eigenvalue weighted by molar-refractivity contribution is -0.142. The topological polar surface area (TPSA) is 52.6 Å². The second-order valence-corrected chi connectivity index (χ2v) is 9.15. The fourth-order valence-electron chi connectivity index (χ4n) is 5.91. The minimum atomic E-state index is -0.242. The number of fused-ring (bicyclic) bond motifs is 1. The van der Waals surface area contributed by atoms with Crippen molar-refractivity contribution in [2.75, 3.05) is 50.7 Å². The first kappa shape index (κ1) is 17.4. The van der Waals surface area contributed by atoms with Crippen molar-refractivity contribution in [1.29, 1.82) is 0 Å². The number of hydrogen-bond acceptors (Lipinski definition) is 5. The van der Waals surface area contributed by atoms with Gasteiger partial charge in [0, 0.05) is 50.5 Å². The van der Waals surface area contributed by atoms with E-state index in [1.807, 2.05) is 18.5 Å². The smallest absolute Gasteiger partial charge is 0.231 e. The second-order valence-electron chi connectivity index (χ2n) is 9.15. The average molecular weight is 370 g/mol. The van der Waals surface area contributed by atoms with Crippen molar-refractivity contribution in [3.05, 3.63) is 18.5 Å². The third-order valence-corrected chi connectivity index (χ3v) is 7.72. The van der Waals surface area contributed by atoms with E-state index in [9.17, 15) is 4.79 Å².